The maximum absolute atomic E-state index is 12.1. The van der Waals surface area contributed by atoms with E-state index >= 15 is 0 Å². The molecule has 4 aliphatic rings. The van der Waals surface area contributed by atoms with Crippen molar-refractivity contribution in [3.05, 3.63) is 23.5 Å². The van der Waals surface area contributed by atoms with Crippen molar-refractivity contribution in [2.75, 3.05) is 6.61 Å². The van der Waals surface area contributed by atoms with E-state index in [1.165, 1.54) is 5.57 Å². The van der Waals surface area contributed by atoms with Gasteiger partial charge in [-0.1, -0.05) is 25.8 Å². The largest absolute Gasteiger partial charge is 0.498 e. The van der Waals surface area contributed by atoms with Crippen LogP contribution in [0.2, 0.25) is 0 Å². The van der Waals surface area contributed by atoms with Crippen LogP contribution in [0.5, 0.6) is 0 Å². The third-order valence-electron chi connectivity index (χ3n) is 8.99. The topological polar surface area (TPSA) is 49.7 Å². The summed E-state index contributed by atoms with van der Waals surface area (Å²) in [5.74, 6) is 8.84. The highest BCUT2D eigenvalue weighted by Gasteiger charge is 2.68. The first kappa shape index (κ1) is 21.0. The maximum atomic E-state index is 12.1. The van der Waals surface area contributed by atoms with Crippen LogP contribution in [0.25, 0.3) is 0 Å². The Labute approximate surface area is 176 Å². The number of hydrogen-bond donors (Lipinski definition) is 2. The number of allylic oxidation sites excluding steroid dienone is 4. The van der Waals surface area contributed by atoms with E-state index in [4.69, 9.17) is 4.74 Å². The molecule has 4 rings (SSSR count). The normalized spacial score (nSPS) is 45.7. The second-order valence-corrected chi connectivity index (χ2v) is 9.84. The van der Waals surface area contributed by atoms with Crippen LogP contribution < -0.4 is 0 Å². The molecule has 3 heteroatoms. The first-order chi connectivity index (χ1) is 13.9. The van der Waals surface area contributed by atoms with E-state index < -0.39 is 11.2 Å². The Morgan fingerprint density at radius 2 is 1.97 bits per heavy atom. The summed E-state index contributed by atoms with van der Waals surface area (Å²) >= 11 is 0. The monoisotopic (exact) mass is 398 g/mol. The fraction of sp³-hybridized carbons (Fsp3) is 0.769. The minimum Gasteiger partial charge on any atom is -0.498 e. The highest BCUT2D eigenvalue weighted by molar-refractivity contribution is 5.35. The molecule has 0 aromatic carbocycles. The van der Waals surface area contributed by atoms with Crippen LogP contribution in [0.4, 0.5) is 0 Å². The number of ether oxygens (including phenoxy) is 1. The summed E-state index contributed by atoms with van der Waals surface area (Å²) in [6.07, 6.45) is 11.7. The van der Waals surface area contributed by atoms with Crippen molar-refractivity contribution in [2.24, 2.45) is 29.1 Å². The molecule has 0 aromatic rings. The molecule has 2 saturated carbocycles. The van der Waals surface area contributed by atoms with Gasteiger partial charge in [0.05, 0.1) is 18.0 Å². The zero-order valence-electron chi connectivity index (χ0n) is 18.6. The molecule has 4 aliphatic carbocycles. The van der Waals surface area contributed by atoms with Gasteiger partial charge >= 0.3 is 0 Å². The summed E-state index contributed by atoms with van der Waals surface area (Å²) in [4.78, 5) is 0. The van der Waals surface area contributed by atoms with Crippen LogP contribution in [0.3, 0.4) is 0 Å². The molecule has 0 amide bonds. The Morgan fingerprint density at radius 1 is 1.17 bits per heavy atom. The van der Waals surface area contributed by atoms with Crippen LogP contribution in [0.1, 0.15) is 79.1 Å². The van der Waals surface area contributed by atoms with Crippen molar-refractivity contribution in [2.45, 2.75) is 90.3 Å². The minimum atomic E-state index is -0.964. The molecule has 5 unspecified atom stereocenters. The van der Waals surface area contributed by atoms with Gasteiger partial charge in [-0.15, -0.1) is 5.92 Å². The second kappa shape index (κ2) is 7.47. The van der Waals surface area contributed by atoms with Gasteiger partial charge in [-0.25, -0.2) is 0 Å². The van der Waals surface area contributed by atoms with Crippen LogP contribution in [0.15, 0.2) is 23.5 Å². The first-order valence-corrected chi connectivity index (χ1v) is 11.8. The molecule has 0 aromatic heterocycles. The van der Waals surface area contributed by atoms with Gasteiger partial charge in [0.25, 0.3) is 0 Å². The lowest BCUT2D eigenvalue weighted by Crippen LogP contribution is -2.62. The molecule has 0 aliphatic heterocycles. The standard InChI is InChI=1S/C26H38O3/c1-5-14-26(28)15-13-22-21-11-9-18-16-19(29-8-4)10-12-20(18)23(21)25(27,7-3)17-24(22,26)6-2/h9,16,20-23,27-28H,6-8,10-13,15,17H2,1-4H3/t20?,21?,22?,23?,24-,25?,26-/m0/s1. The lowest BCUT2D eigenvalue weighted by molar-refractivity contribution is -0.195. The Morgan fingerprint density at radius 3 is 2.62 bits per heavy atom. The van der Waals surface area contributed by atoms with Crippen molar-refractivity contribution in [1.82, 2.24) is 0 Å². The fourth-order valence-corrected chi connectivity index (χ4v) is 7.83. The molecule has 2 fully saturated rings. The van der Waals surface area contributed by atoms with Gasteiger partial charge in [-0.2, -0.15) is 0 Å². The molecular formula is C26H38O3. The molecule has 160 valence electrons. The van der Waals surface area contributed by atoms with Crippen LogP contribution in [-0.4, -0.2) is 28.0 Å². The molecular weight excluding hydrogens is 360 g/mol. The highest BCUT2D eigenvalue weighted by Crippen LogP contribution is 2.68. The van der Waals surface area contributed by atoms with E-state index in [1.807, 2.05) is 13.8 Å². The van der Waals surface area contributed by atoms with E-state index in [0.717, 1.165) is 50.7 Å². The zero-order chi connectivity index (χ0) is 20.9. The molecule has 0 heterocycles. The van der Waals surface area contributed by atoms with Gasteiger partial charge in [0.15, 0.2) is 0 Å². The zero-order valence-corrected chi connectivity index (χ0v) is 18.6. The van der Waals surface area contributed by atoms with Crippen LogP contribution in [0, 0.1) is 40.9 Å². The minimum absolute atomic E-state index is 0.272. The molecule has 2 N–H and O–H groups in total. The van der Waals surface area contributed by atoms with E-state index in [9.17, 15) is 10.2 Å². The van der Waals surface area contributed by atoms with Gasteiger partial charge in [0, 0.05) is 11.8 Å². The lowest BCUT2D eigenvalue weighted by atomic mass is 9.45. The quantitative estimate of drug-likeness (QED) is 0.656. The molecule has 29 heavy (non-hydrogen) atoms. The van der Waals surface area contributed by atoms with Crippen LogP contribution >= 0.6 is 0 Å². The van der Waals surface area contributed by atoms with Crippen LogP contribution in [-0.2, 0) is 4.74 Å². The van der Waals surface area contributed by atoms with Gasteiger partial charge < -0.3 is 14.9 Å². The predicted octanol–water partition coefficient (Wildman–Crippen LogP) is 4.98. The van der Waals surface area contributed by atoms with Gasteiger partial charge in [-0.3, -0.25) is 0 Å². The maximum Gasteiger partial charge on any atom is 0.131 e. The van der Waals surface area contributed by atoms with Gasteiger partial charge in [0.1, 0.15) is 5.60 Å². The Bertz CT molecular complexity index is 771. The number of aliphatic hydroxyl groups is 2. The lowest BCUT2D eigenvalue weighted by Gasteiger charge is -2.61. The Kier molecular flexibility index (Phi) is 5.41. The van der Waals surface area contributed by atoms with Crippen molar-refractivity contribution in [3.63, 3.8) is 0 Å². The van der Waals surface area contributed by atoms with Gasteiger partial charge in [-0.05, 0) is 94.1 Å². The van der Waals surface area contributed by atoms with Crippen molar-refractivity contribution in [1.29, 1.82) is 0 Å². The highest BCUT2D eigenvalue weighted by atomic mass is 16.5. The van der Waals surface area contributed by atoms with E-state index in [0.29, 0.717) is 30.8 Å². The Hall–Kier alpha value is -1.24. The third kappa shape index (κ3) is 2.94. The summed E-state index contributed by atoms with van der Waals surface area (Å²) in [6, 6.07) is 0. The summed E-state index contributed by atoms with van der Waals surface area (Å²) in [6.45, 7) is 8.90. The predicted molar refractivity (Wildman–Crippen MR) is 116 cm³/mol. The van der Waals surface area contributed by atoms with Gasteiger partial charge in [0.2, 0.25) is 0 Å². The van der Waals surface area contributed by atoms with E-state index in [-0.39, 0.29) is 11.3 Å². The average Bonchev–Trinajstić information content (AvgIpc) is 3.00. The number of rotatable bonds is 4. The number of fused-ring (bicyclic) bond motifs is 5. The molecule has 0 bridgehead atoms. The van der Waals surface area contributed by atoms with E-state index in [1.54, 1.807) is 0 Å². The first-order valence-electron chi connectivity index (χ1n) is 11.8. The molecule has 7 atom stereocenters. The fourth-order valence-electron chi connectivity index (χ4n) is 7.83. The molecule has 3 nitrogen and oxygen atoms in total. The molecule has 0 radical (unpaired) electrons. The second-order valence-electron chi connectivity index (χ2n) is 9.84. The molecule has 0 spiro atoms. The summed E-state index contributed by atoms with van der Waals surface area (Å²) in [5.41, 5.74) is -0.632. The summed E-state index contributed by atoms with van der Waals surface area (Å²) < 4.78 is 5.81. The van der Waals surface area contributed by atoms with Crippen molar-refractivity contribution >= 4 is 0 Å². The summed E-state index contributed by atoms with van der Waals surface area (Å²) in [5, 5.41) is 23.7. The SMILES string of the molecule is CC#C[C@]1(O)CCC2C3CC=C4C=C(OCC)CCC4C3C(O)(CC)C[C@@]21CC. The summed E-state index contributed by atoms with van der Waals surface area (Å²) in [7, 11) is 0. The van der Waals surface area contributed by atoms with Crippen molar-refractivity contribution < 1.29 is 14.9 Å². The molecule has 0 saturated heterocycles. The van der Waals surface area contributed by atoms with E-state index in [2.05, 4.69) is 37.8 Å². The Balaban J connectivity index is 1.77. The average molecular weight is 399 g/mol. The smallest absolute Gasteiger partial charge is 0.131 e. The third-order valence-corrected chi connectivity index (χ3v) is 8.99. The van der Waals surface area contributed by atoms with Crippen molar-refractivity contribution in [3.8, 4) is 11.8 Å². The number of hydrogen-bond acceptors (Lipinski definition) is 3.